The molecule has 2 heteroatoms. The minimum atomic E-state index is -0.0544. The van der Waals surface area contributed by atoms with Crippen molar-refractivity contribution in [3.63, 3.8) is 0 Å². The molecule has 1 nitrogen and oxygen atoms in total. The van der Waals surface area contributed by atoms with Crippen LogP contribution in [0.2, 0.25) is 0 Å². The van der Waals surface area contributed by atoms with E-state index >= 15 is 0 Å². The van der Waals surface area contributed by atoms with Gasteiger partial charge in [0.1, 0.15) is 6.54 Å². The highest BCUT2D eigenvalue weighted by atomic mass is 35.5. The van der Waals surface area contributed by atoms with Gasteiger partial charge in [0, 0.05) is 18.6 Å². The van der Waals surface area contributed by atoms with Gasteiger partial charge in [0.05, 0.1) is 5.38 Å². The number of rotatable bonds is 14. The van der Waals surface area contributed by atoms with Crippen molar-refractivity contribution in [3.8, 4) is 0 Å². The number of unbranched alkanes of at least 4 members (excludes halogenated alkanes) is 9. The van der Waals surface area contributed by atoms with E-state index in [1.807, 2.05) is 36.4 Å². The maximum absolute atomic E-state index is 5.87. The quantitative estimate of drug-likeness (QED) is 0.123. The SMILES string of the molecule is C=CC(Cl)c1ccccc1.C=Cc1cc[n+](CCCCCCCCCCCC)cc1. The van der Waals surface area contributed by atoms with Gasteiger partial charge in [-0.3, -0.25) is 0 Å². The maximum atomic E-state index is 5.87. The predicted molar refractivity (Wildman–Crippen MR) is 134 cm³/mol. The second-order valence-corrected chi connectivity index (χ2v) is 8.27. The lowest BCUT2D eigenvalue weighted by atomic mass is 10.1. The third-order valence-corrected chi connectivity index (χ3v) is 5.68. The zero-order chi connectivity index (χ0) is 21.9. The summed E-state index contributed by atoms with van der Waals surface area (Å²) < 4.78 is 2.28. The molecule has 1 unspecified atom stereocenters. The molecule has 0 bridgehead atoms. The van der Waals surface area contributed by atoms with Crippen LogP contribution in [0.5, 0.6) is 0 Å². The lowest BCUT2D eigenvalue weighted by Gasteiger charge is -2.01. The Morgan fingerprint density at radius 1 is 0.800 bits per heavy atom. The molecule has 0 spiro atoms. The molecule has 1 atom stereocenters. The van der Waals surface area contributed by atoms with E-state index in [2.05, 4.69) is 49.2 Å². The van der Waals surface area contributed by atoms with Crippen molar-refractivity contribution in [2.24, 2.45) is 0 Å². The molecule has 0 saturated heterocycles. The van der Waals surface area contributed by atoms with Gasteiger partial charge in [0.2, 0.25) is 0 Å². The number of pyridine rings is 1. The summed E-state index contributed by atoms with van der Waals surface area (Å²) >= 11 is 5.87. The van der Waals surface area contributed by atoms with Gasteiger partial charge in [-0.15, -0.1) is 18.2 Å². The highest BCUT2D eigenvalue weighted by molar-refractivity contribution is 6.21. The number of benzene rings is 1. The molecule has 0 aliphatic carbocycles. The normalized spacial score (nSPS) is 11.3. The van der Waals surface area contributed by atoms with Crippen molar-refractivity contribution >= 4 is 17.7 Å². The van der Waals surface area contributed by atoms with Crippen molar-refractivity contribution < 1.29 is 4.57 Å². The lowest BCUT2D eigenvalue weighted by Crippen LogP contribution is -2.32. The van der Waals surface area contributed by atoms with E-state index in [1.165, 1.54) is 69.8 Å². The third kappa shape index (κ3) is 12.6. The first-order chi connectivity index (χ1) is 14.7. The third-order valence-electron chi connectivity index (χ3n) is 5.25. The van der Waals surface area contributed by atoms with Gasteiger partial charge >= 0.3 is 0 Å². The highest BCUT2D eigenvalue weighted by Crippen LogP contribution is 2.19. The van der Waals surface area contributed by atoms with Crippen LogP contribution in [0.1, 0.15) is 87.6 Å². The largest absolute Gasteiger partial charge is 0.205 e. The van der Waals surface area contributed by atoms with Gasteiger partial charge in [0.25, 0.3) is 0 Å². The average Bonchev–Trinajstić information content (AvgIpc) is 2.81. The van der Waals surface area contributed by atoms with Crippen LogP contribution in [-0.2, 0) is 6.54 Å². The molecule has 0 saturated carbocycles. The van der Waals surface area contributed by atoms with Gasteiger partial charge < -0.3 is 0 Å². The standard InChI is InChI=1S/C19H32N.C9H9Cl/c1-3-5-6-7-8-9-10-11-12-13-16-20-17-14-19(4-2)15-18-20;1-2-9(10)8-6-4-3-5-7-8/h4,14-15,17-18H,2-3,5-13,16H2,1H3;2-7,9H,1H2/q+1;. The van der Waals surface area contributed by atoms with E-state index in [-0.39, 0.29) is 5.38 Å². The summed E-state index contributed by atoms with van der Waals surface area (Å²) in [4.78, 5) is 0. The summed E-state index contributed by atoms with van der Waals surface area (Å²) in [6.45, 7) is 10.8. The summed E-state index contributed by atoms with van der Waals surface area (Å²) in [5.74, 6) is 0. The molecule has 0 aliphatic rings. The van der Waals surface area contributed by atoms with E-state index in [4.69, 9.17) is 11.6 Å². The van der Waals surface area contributed by atoms with Crippen LogP contribution in [0.3, 0.4) is 0 Å². The van der Waals surface area contributed by atoms with Crippen LogP contribution in [0, 0.1) is 0 Å². The molecule has 0 radical (unpaired) electrons. The minimum absolute atomic E-state index is 0.0544. The molecule has 0 fully saturated rings. The molecule has 0 N–H and O–H groups in total. The van der Waals surface area contributed by atoms with Crippen LogP contribution in [0.15, 0.2) is 74.1 Å². The van der Waals surface area contributed by atoms with E-state index in [0.29, 0.717) is 0 Å². The number of halogens is 1. The predicted octanol–water partition coefficient (Wildman–Crippen LogP) is 8.69. The van der Waals surface area contributed by atoms with Crippen LogP contribution in [-0.4, -0.2) is 0 Å². The summed E-state index contributed by atoms with van der Waals surface area (Å²) in [5.41, 5.74) is 2.29. The van der Waals surface area contributed by atoms with Crippen molar-refractivity contribution in [2.75, 3.05) is 0 Å². The first-order valence-corrected chi connectivity index (χ1v) is 12.1. The maximum Gasteiger partial charge on any atom is 0.169 e. The van der Waals surface area contributed by atoms with Crippen LogP contribution >= 0.6 is 11.6 Å². The Morgan fingerprint density at radius 3 is 1.83 bits per heavy atom. The number of nitrogens with zero attached hydrogens (tertiary/aromatic N) is 1. The summed E-state index contributed by atoms with van der Waals surface area (Å²) in [6.07, 6.45) is 21.9. The van der Waals surface area contributed by atoms with Gasteiger partial charge in [-0.2, -0.15) is 0 Å². The van der Waals surface area contributed by atoms with Crippen molar-refractivity contribution in [2.45, 2.75) is 83.1 Å². The summed E-state index contributed by atoms with van der Waals surface area (Å²) in [5, 5.41) is -0.0544. The fourth-order valence-electron chi connectivity index (χ4n) is 3.31. The average molecular weight is 427 g/mol. The van der Waals surface area contributed by atoms with Gasteiger partial charge in [0.15, 0.2) is 12.4 Å². The van der Waals surface area contributed by atoms with Crippen molar-refractivity contribution in [3.05, 3.63) is 85.2 Å². The highest BCUT2D eigenvalue weighted by Gasteiger charge is 2.00. The number of alkyl halides is 1. The molecule has 2 aromatic rings. The molecular formula is C28H41ClN+. The monoisotopic (exact) mass is 426 g/mol. The summed E-state index contributed by atoms with van der Waals surface area (Å²) in [7, 11) is 0. The summed E-state index contributed by atoms with van der Waals surface area (Å²) in [6, 6.07) is 14.1. The van der Waals surface area contributed by atoms with Gasteiger partial charge in [-0.1, -0.05) is 107 Å². The zero-order valence-electron chi connectivity index (χ0n) is 18.9. The first kappa shape index (κ1) is 26.2. The number of allylic oxidation sites excluding steroid dienone is 1. The van der Waals surface area contributed by atoms with E-state index in [1.54, 1.807) is 6.08 Å². The Balaban J connectivity index is 0.000000375. The minimum Gasteiger partial charge on any atom is -0.205 e. The van der Waals surface area contributed by atoms with E-state index in [9.17, 15) is 0 Å². The molecule has 0 amide bonds. The fourth-order valence-corrected chi connectivity index (χ4v) is 3.45. The molecule has 1 heterocycles. The van der Waals surface area contributed by atoms with Crippen molar-refractivity contribution in [1.82, 2.24) is 0 Å². The van der Waals surface area contributed by atoms with E-state index < -0.39 is 0 Å². The Labute approximate surface area is 190 Å². The topological polar surface area (TPSA) is 3.88 Å². The number of aromatic nitrogens is 1. The zero-order valence-corrected chi connectivity index (χ0v) is 19.7. The molecule has 2 rings (SSSR count). The second-order valence-electron chi connectivity index (χ2n) is 7.80. The number of hydrogen-bond donors (Lipinski definition) is 0. The molecule has 30 heavy (non-hydrogen) atoms. The first-order valence-electron chi connectivity index (χ1n) is 11.6. The van der Waals surface area contributed by atoms with Crippen LogP contribution in [0.25, 0.3) is 6.08 Å². The Morgan fingerprint density at radius 2 is 1.33 bits per heavy atom. The smallest absolute Gasteiger partial charge is 0.169 e. The molecule has 1 aromatic carbocycles. The Bertz CT molecular complexity index is 663. The van der Waals surface area contributed by atoms with Crippen LogP contribution < -0.4 is 4.57 Å². The Kier molecular flexibility index (Phi) is 15.7. The fraction of sp³-hybridized carbons (Fsp3) is 0.464. The Hall–Kier alpha value is -1.86. The molecule has 1 aromatic heterocycles. The second kappa shape index (κ2) is 18.0. The molecular weight excluding hydrogens is 386 g/mol. The van der Waals surface area contributed by atoms with Gasteiger partial charge in [-0.25, -0.2) is 4.57 Å². The van der Waals surface area contributed by atoms with Gasteiger partial charge in [-0.05, 0) is 17.5 Å². The van der Waals surface area contributed by atoms with E-state index in [0.717, 1.165) is 12.1 Å². The number of hydrogen-bond acceptors (Lipinski definition) is 0. The van der Waals surface area contributed by atoms with Crippen LogP contribution in [0.4, 0.5) is 0 Å². The van der Waals surface area contributed by atoms with Crippen molar-refractivity contribution in [1.29, 1.82) is 0 Å². The number of aryl methyl sites for hydroxylation is 1. The molecule has 0 aliphatic heterocycles. The lowest BCUT2D eigenvalue weighted by molar-refractivity contribution is -0.697. The molecule has 164 valence electrons.